The average Bonchev–Trinajstić information content (AvgIpc) is 2.13. The molecule has 88 valence electrons. The highest BCUT2D eigenvalue weighted by Gasteiger charge is 2.28. The Kier molecular flexibility index (Phi) is 3.51. The molecule has 0 saturated carbocycles. The Bertz CT molecular complexity index is 380. The van der Waals surface area contributed by atoms with E-state index in [4.69, 9.17) is 0 Å². The number of nitrogens with one attached hydrogen (secondary N) is 1. The minimum Gasteiger partial charge on any atom is -0.343 e. The van der Waals surface area contributed by atoms with E-state index < -0.39 is 24.4 Å². The number of halogens is 4. The van der Waals surface area contributed by atoms with Gasteiger partial charge in [-0.1, -0.05) is 12.1 Å². The maximum atomic E-state index is 13.2. The van der Waals surface area contributed by atoms with Crippen LogP contribution in [0.1, 0.15) is 15.9 Å². The Morgan fingerprint density at radius 3 is 2.50 bits per heavy atom. The molecule has 0 saturated heterocycles. The van der Waals surface area contributed by atoms with Crippen LogP contribution in [0.5, 0.6) is 0 Å². The lowest BCUT2D eigenvalue weighted by Gasteiger charge is -2.10. The van der Waals surface area contributed by atoms with Crippen molar-refractivity contribution in [1.82, 2.24) is 5.32 Å². The molecule has 0 fully saturated rings. The number of aryl methyl sites for hydroxylation is 1. The lowest BCUT2D eigenvalue weighted by Crippen LogP contribution is -2.34. The molecule has 0 aliphatic rings. The van der Waals surface area contributed by atoms with E-state index in [2.05, 4.69) is 0 Å². The van der Waals surface area contributed by atoms with E-state index in [1.165, 1.54) is 19.1 Å². The van der Waals surface area contributed by atoms with Crippen LogP contribution in [0.25, 0.3) is 0 Å². The quantitative estimate of drug-likeness (QED) is 0.783. The van der Waals surface area contributed by atoms with Gasteiger partial charge in [0.25, 0.3) is 5.91 Å². The van der Waals surface area contributed by atoms with E-state index >= 15 is 0 Å². The first-order valence-corrected chi connectivity index (χ1v) is 4.41. The number of hydrogen-bond donors (Lipinski definition) is 1. The van der Waals surface area contributed by atoms with Gasteiger partial charge in [-0.2, -0.15) is 13.2 Å². The minimum absolute atomic E-state index is 0.291. The SMILES string of the molecule is Cc1cccc(F)c1C(=O)NCC(F)(F)F. The van der Waals surface area contributed by atoms with Crippen molar-refractivity contribution in [3.8, 4) is 0 Å². The van der Waals surface area contributed by atoms with Crippen LogP contribution < -0.4 is 5.32 Å². The van der Waals surface area contributed by atoms with Crippen molar-refractivity contribution >= 4 is 5.91 Å². The smallest absolute Gasteiger partial charge is 0.343 e. The summed E-state index contributed by atoms with van der Waals surface area (Å²) in [6, 6.07) is 3.85. The zero-order valence-corrected chi connectivity index (χ0v) is 8.36. The van der Waals surface area contributed by atoms with Crippen LogP contribution >= 0.6 is 0 Å². The zero-order valence-electron chi connectivity index (χ0n) is 8.36. The number of carbonyl (C=O) groups is 1. The van der Waals surface area contributed by atoms with Gasteiger partial charge in [0, 0.05) is 0 Å². The van der Waals surface area contributed by atoms with E-state index in [-0.39, 0.29) is 5.56 Å². The predicted molar refractivity (Wildman–Crippen MR) is 49.5 cm³/mol. The Labute approximate surface area is 89.3 Å². The highest BCUT2D eigenvalue weighted by atomic mass is 19.4. The maximum absolute atomic E-state index is 13.2. The van der Waals surface area contributed by atoms with Crippen LogP contribution in [-0.2, 0) is 0 Å². The summed E-state index contributed by atoms with van der Waals surface area (Å²) in [6.07, 6.45) is -4.51. The summed E-state index contributed by atoms with van der Waals surface area (Å²) in [7, 11) is 0. The van der Waals surface area contributed by atoms with Gasteiger partial charge in [0.1, 0.15) is 12.4 Å². The van der Waals surface area contributed by atoms with Crippen molar-refractivity contribution in [1.29, 1.82) is 0 Å². The van der Waals surface area contributed by atoms with E-state index in [9.17, 15) is 22.4 Å². The van der Waals surface area contributed by atoms with Crippen molar-refractivity contribution < 1.29 is 22.4 Å². The second-order valence-electron chi connectivity index (χ2n) is 3.23. The number of rotatable bonds is 2. The number of hydrogen-bond acceptors (Lipinski definition) is 1. The third-order valence-corrected chi connectivity index (χ3v) is 1.90. The molecule has 0 aromatic heterocycles. The largest absolute Gasteiger partial charge is 0.405 e. The molecule has 16 heavy (non-hydrogen) atoms. The molecule has 0 atom stereocenters. The van der Waals surface area contributed by atoms with Crippen LogP contribution in [0, 0.1) is 12.7 Å². The van der Waals surface area contributed by atoms with Crippen LogP contribution in [0.4, 0.5) is 17.6 Å². The topological polar surface area (TPSA) is 29.1 Å². The Morgan fingerprint density at radius 2 is 2.00 bits per heavy atom. The van der Waals surface area contributed by atoms with Gasteiger partial charge in [-0.3, -0.25) is 4.79 Å². The molecule has 1 amide bonds. The van der Waals surface area contributed by atoms with Crippen LogP contribution in [0.15, 0.2) is 18.2 Å². The van der Waals surface area contributed by atoms with E-state index in [1.807, 2.05) is 0 Å². The Hall–Kier alpha value is -1.59. The van der Waals surface area contributed by atoms with Crippen molar-refractivity contribution in [2.45, 2.75) is 13.1 Å². The molecule has 0 aliphatic carbocycles. The second-order valence-corrected chi connectivity index (χ2v) is 3.23. The normalized spacial score (nSPS) is 11.3. The lowest BCUT2D eigenvalue weighted by atomic mass is 10.1. The molecule has 1 aromatic carbocycles. The summed E-state index contributed by atoms with van der Waals surface area (Å²) >= 11 is 0. The van der Waals surface area contributed by atoms with Crippen LogP contribution in [-0.4, -0.2) is 18.6 Å². The first kappa shape index (κ1) is 12.5. The summed E-state index contributed by atoms with van der Waals surface area (Å²) in [5.74, 6) is -1.90. The summed E-state index contributed by atoms with van der Waals surface area (Å²) in [4.78, 5) is 11.3. The fourth-order valence-corrected chi connectivity index (χ4v) is 1.19. The molecule has 0 heterocycles. The number of amides is 1. The summed E-state index contributed by atoms with van der Waals surface area (Å²) in [5.41, 5.74) is -0.0635. The Balaban J connectivity index is 2.81. The number of alkyl halides is 3. The fourth-order valence-electron chi connectivity index (χ4n) is 1.19. The third-order valence-electron chi connectivity index (χ3n) is 1.90. The second kappa shape index (κ2) is 4.51. The van der Waals surface area contributed by atoms with Gasteiger partial charge in [-0.15, -0.1) is 0 Å². The summed E-state index contributed by atoms with van der Waals surface area (Å²) < 4.78 is 48.7. The highest BCUT2D eigenvalue weighted by molar-refractivity contribution is 5.95. The van der Waals surface area contributed by atoms with Crippen molar-refractivity contribution in [3.05, 3.63) is 35.1 Å². The van der Waals surface area contributed by atoms with Crippen molar-refractivity contribution in [2.24, 2.45) is 0 Å². The van der Waals surface area contributed by atoms with Gasteiger partial charge in [0.15, 0.2) is 0 Å². The van der Waals surface area contributed by atoms with E-state index in [0.717, 1.165) is 6.07 Å². The van der Waals surface area contributed by atoms with Crippen molar-refractivity contribution in [3.63, 3.8) is 0 Å². The van der Waals surface area contributed by atoms with Gasteiger partial charge in [-0.05, 0) is 18.6 Å². The van der Waals surface area contributed by atoms with Gasteiger partial charge in [0.2, 0.25) is 0 Å². The predicted octanol–water partition coefficient (Wildman–Crippen LogP) is 2.43. The van der Waals surface area contributed by atoms with E-state index in [1.54, 1.807) is 5.32 Å². The van der Waals surface area contributed by atoms with Crippen LogP contribution in [0.3, 0.4) is 0 Å². The zero-order chi connectivity index (χ0) is 12.3. The molecule has 1 aromatic rings. The molecule has 1 N–H and O–H groups in total. The van der Waals surface area contributed by atoms with Crippen LogP contribution in [0.2, 0.25) is 0 Å². The molecule has 1 rings (SSSR count). The highest BCUT2D eigenvalue weighted by Crippen LogP contribution is 2.15. The third kappa shape index (κ3) is 3.22. The molecular formula is C10H9F4NO. The lowest BCUT2D eigenvalue weighted by molar-refractivity contribution is -0.123. The van der Waals surface area contributed by atoms with Gasteiger partial charge >= 0.3 is 6.18 Å². The summed E-state index contributed by atoms with van der Waals surface area (Å²) in [5, 5.41) is 1.62. The standard InChI is InChI=1S/C10H9F4NO/c1-6-3-2-4-7(11)8(6)9(16)15-5-10(12,13)14/h2-4H,5H2,1H3,(H,15,16). The van der Waals surface area contributed by atoms with Crippen molar-refractivity contribution in [2.75, 3.05) is 6.54 Å². The molecule has 0 radical (unpaired) electrons. The minimum atomic E-state index is -4.51. The van der Waals surface area contributed by atoms with E-state index in [0.29, 0.717) is 5.56 Å². The number of carbonyl (C=O) groups excluding carboxylic acids is 1. The average molecular weight is 235 g/mol. The molecule has 6 heteroatoms. The monoisotopic (exact) mass is 235 g/mol. The maximum Gasteiger partial charge on any atom is 0.405 e. The van der Waals surface area contributed by atoms with Gasteiger partial charge < -0.3 is 5.32 Å². The van der Waals surface area contributed by atoms with Gasteiger partial charge in [-0.25, -0.2) is 4.39 Å². The molecule has 0 unspecified atom stereocenters. The molecular weight excluding hydrogens is 226 g/mol. The number of benzene rings is 1. The molecule has 0 bridgehead atoms. The molecule has 0 aliphatic heterocycles. The fraction of sp³-hybridized carbons (Fsp3) is 0.300. The molecule has 0 spiro atoms. The summed E-state index contributed by atoms with van der Waals surface area (Å²) in [6.45, 7) is -0.0226. The Morgan fingerprint density at radius 1 is 1.38 bits per heavy atom. The first-order chi connectivity index (χ1) is 7.31. The first-order valence-electron chi connectivity index (χ1n) is 4.41. The van der Waals surface area contributed by atoms with Gasteiger partial charge in [0.05, 0.1) is 5.56 Å². The molecule has 2 nitrogen and oxygen atoms in total.